The molecule has 4 heteroatoms. The molecule has 1 N–H and O–H groups in total. The molecule has 1 fully saturated rings. The van der Waals surface area contributed by atoms with Crippen LogP contribution in [0.25, 0.3) is 0 Å². The zero-order valence-corrected chi connectivity index (χ0v) is 14.9. The molecule has 1 atom stereocenters. The van der Waals surface area contributed by atoms with E-state index in [1.165, 1.54) is 37.0 Å². The van der Waals surface area contributed by atoms with Crippen LogP contribution < -0.4 is 5.32 Å². The van der Waals surface area contributed by atoms with Gasteiger partial charge in [0.2, 0.25) is 0 Å². The second kappa shape index (κ2) is 8.52. The van der Waals surface area contributed by atoms with E-state index in [2.05, 4.69) is 25.2 Å². The van der Waals surface area contributed by atoms with Crippen LogP contribution in [0.2, 0.25) is 4.34 Å². The molecule has 1 aromatic heterocycles. The molecule has 0 aliphatic heterocycles. The molecule has 0 amide bonds. The fraction of sp³-hybridized carbons (Fsp3) is 0.765. The molecule has 21 heavy (non-hydrogen) atoms. The van der Waals surface area contributed by atoms with E-state index in [9.17, 15) is 0 Å². The number of hydrogen-bond acceptors (Lipinski definition) is 3. The molecule has 1 aliphatic rings. The molecule has 1 heterocycles. The summed E-state index contributed by atoms with van der Waals surface area (Å²) in [6.45, 7) is 6.20. The van der Waals surface area contributed by atoms with Gasteiger partial charge in [-0.2, -0.15) is 0 Å². The summed E-state index contributed by atoms with van der Waals surface area (Å²) in [6, 6.07) is 4.57. The molecule has 0 bridgehead atoms. The van der Waals surface area contributed by atoms with Crippen molar-refractivity contribution in [2.24, 2.45) is 0 Å². The van der Waals surface area contributed by atoms with Gasteiger partial charge in [-0.3, -0.25) is 0 Å². The number of rotatable bonds is 8. The van der Waals surface area contributed by atoms with Gasteiger partial charge in [-0.25, -0.2) is 0 Å². The molecule has 120 valence electrons. The summed E-state index contributed by atoms with van der Waals surface area (Å²) in [4.78, 5) is 1.36. The summed E-state index contributed by atoms with van der Waals surface area (Å²) < 4.78 is 7.20. The Labute approximate surface area is 138 Å². The molecular formula is C17H28ClNOS. The number of ether oxygens (including phenoxy) is 1. The minimum Gasteiger partial charge on any atom is -0.374 e. The second-order valence-corrected chi connectivity index (χ2v) is 7.77. The maximum Gasteiger partial charge on any atom is 0.0931 e. The van der Waals surface area contributed by atoms with Crippen molar-refractivity contribution in [3.05, 3.63) is 21.3 Å². The van der Waals surface area contributed by atoms with Crippen LogP contribution >= 0.6 is 22.9 Å². The summed E-state index contributed by atoms with van der Waals surface area (Å²) in [6.07, 6.45) is 8.47. The molecule has 0 aromatic carbocycles. The number of nitrogens with one attached hydrogen (secondary N) is 1. The van der Waals surface area contributed by atoms with Crippen LogP contribution in [0.1, 0.15) is 57.2 Å². The molecule has 0 radical (unpaired) electrons. The van der Waals surface area contributed by atoms with Crippen molar-refractivity contribution in [3.8, 4) is 0 Å². The molecule has 1 unspecified atom stereocenters. The highest BCUT2D eigenvalue weighted by Gasteiger charge is 2.40. The van der Waals surface area contributed by atoms with Gasteiger partial charge < -0.3 is 10.1 Å². The third-order valence-electron chi connectivity index (χ3n) is 4.44. The Morgan fingerprint density at radius 3 is 2.62 bits per heavy atom. The van der Waals surface area contributed by atoms with Gasteiger partial charge in [0.1, 0.15) is 0 Å². The van der Waals surface area contributed by atoms with Gasteiger partial charge in [0, 0.05) is 17.5 Å². The SMILES string of the molecule is CCCNC(Cc1ccc(Cl)s1)C1(OCC)CCCCC1. The van der Waals surface area contributed by atoms with E-state index in [4.69, 9.17) is 16.3 Å². The molecule has 0 saturated heterocycles. The standard InChI is InChI=1S/C17H28ClNOS/c1-3-12-19-15(13-14-8-9-16(18)21-14)17(20-4-2)10-6-5-7-11-17/h8-9,15,19H,3-7,10-13H2,1-2H3. The van der Waals surface area contributed by atoms with Crippen molar-refractivity contribution in [2.75, 3.05) is 13.2 Å². The monoisotopic (exact) mass is 329 g/mol. The fourth-order valence-electron chi connectivity index (χ4n) is 3.46. The van der Waals surface area contributed by atoms with Gasteiger partial charge in [-0.1, -0.05) is 37.8 Å². The van der Waals surface area contributed by atoms with Gasteiger partial charge in [0.05, 0.1) is 9.94 Å². The van der Waals surface area contributed by atoms with E-state index in [-0.39, 0.29) is 5.60 Å². The average Bonchev–Trinajstić information content (AvgIpc) is 2.90. The summed E-state index contributed by atoms with van der Waals surface area (Å²) >= 11 is 7.80. The van der Waals surface area contributed by atoms with E-state index in [1.54, 1.807) is 11.3 Å². The van der Waals surface area contributed by atoms with E-state index in [0.29, 0.717) is 6.04 Å². The Morgan fingerprint density at radius 2 is 2.05 bits per heavy atom. The van der Waals surface area contributed by atoms with Crippen molar-refractivity contribution in [1.29, 1.82) is 0 Å². The van der Waals surface area contributed by atoms with Crippen LogP contribution in [0.4, 0.5) is 0 Å². The van der Waals surface area contributed by atoms with E-state index in [0.717, 1.165) is 30.3 Å². The van der Waals surface area contributed by atoms with E-state index >= 15 is 0 Å². The fourth-order valence-corrected chi connectivity index (χ4v) is 4.59. The Kier molecular flexibility index (Phi) is 7.00. The van der Waals surface area contributed by atoms with Crippen molar-refractivity contribution >= 4 is 22.9 Å². The highest BCUT2D eigenvalue weighted by Crippen LogP contribution is 2.37. The highest BCUT2D eigenvalue weighted by atomic mass is 35.5. The van der Waals surface area contributed by atoms with Gasteiger partial charge in [0.15, 0.2) is 0 Å². The summed E-state index contributed by atoms with van der Waals surface area (Å²) in [5.74, 6) is 0. The first-order valence-electron chi connectivity index (χ1n) is 8.31. The van der Waals surface area contributed by atoms with Crippen LogP contribution in [-0.4, -0.2) is 24.8 Å². The van der Waals surface area contributed by atoms with Crippen LogP contribution in [0, 0.1) is 0 Å². The lowest BCUT2D eigenvalue weighted by molar-refractivity contribution is -0.0895. The molecule has 1 saturated carbocycles. The predicted molar refractivity (Wildman–Crippen MR) is 92.6 cm³/mol. The smallest absolute Gasteiger partial charge is 0.0931 e. The van der Waals surface area contributed by atoms with Crippen LogP contribution in [0.15, 0.2) is 12.1 Å². The zero-order chi connectivity index (χ0) is 15.1. The van der Waals surface area contributed by atoms with Crippen molar-refractivity contribution in [2.45, 2.75) is 70.4 Å². The first kappa shape index (κ1) is 17.3. The molecule has 0 spiro atoms. The summed E-state index contributed by atoms with van der Waals surface area (Å²) in [7, 11) is 0. The quantitative estimate of drug-likeness (QED) is 0.720. The van der Waals surface area contributed by atoms with Crippen LogP contribution in [0.3, 0.4) is 0 Å². The number of hydrogen-bond donors (Lipinski definition) is 1. The van der Waals surface area contributed by atoms with Crippen LogP contribution in [-0.2, 0) is 11.2 Å². The largest absolute Gasteiger partial charge is 0.374 e. The molecule has 2 rings (SSSR count). The Hall–Kier alpha value is -0.0900. The Morgan fingerprint density at radius 1 is 1.29 bits per heavy atom. The van der Waals surface area contributed by atoms with Crippen molar-refractivity contribution < 1.29 is 4.74 Å². The summed E-state index contributed by atoms with van der Waals surface area (Å²) in [5.41, 5.74) is 0.0125. The second-order valence-electron chi connectivity index (χ2n) is 5.98. The molecule has 2 nitrogen and oxygen atoms in total. The van der Waals surface area contributed by atoms with Crippen molar-refractivity contribution in [1.82, 2.24) is 5.32 Å². The average molecular weight is 330 g/mol. The molecule has 1 aliphatic carbocycles. The lowest BCUT2D eigenvalue weighted by Gasteiger charge is -2.44. The third-order valence-corrected chi connectivity index (χ3v) is 5.70. The first-order chi connectivity index (χ1) is 10.2. The topological polar surface area (TPSA) is 21.3 Å². The van der Waals surface area contributed by atoms with Crippen LogP contribution in [0.5, 0.6) is 0 Å². The molecular weight excluding hydrogens is 302 g/mol. The Balaban J connectivity index is 2.14. The van der Waals surface area contributed by atoms with Gasteiger partial charge in [0.25, 0.3) is 0 Å². The van der Waals surface area contributed by atoms with E-state index < -0.39 is 0 Å². The van der Waals surface area contributed by atoms with E-state index in [1.807, 2.05) is 6.07 Å². The third kappa shape index (κ3) is 4.69. The lowest BCUT2D eigenvalue weighted by Crippen LogP contribution is -2.55. The maximum atomic E-state index is 6.32. The minimum absolute atomic E-state index is 0.0125. The molecule has 1 aromatic rings. The van der Waals surface area contributed by atoms with Crippen molar-refractivity contribution in [3.63, 3.8) is 0 Å². The lowest BCUT2D eigenvalue weighted by atomic mass is 9.77. The predicted octanol–water partition coefficient (Wildman–Crippen LogP) is 5.05. The Bertz CT molecular complexity index is 409. The minimum atomic E-state index is 0.0125. The zero-order valence-electron chi connectivity index (χ0n) is 13.3. The van der Waals surface area contributed by atoms with Gasteiger partial charge in [-0.05, 0) is 51.3 Å². The van der Waals surface area contributed by atoms with Gasteiger partial charge in [-0.15, -0.1) is 11.3 Å². The first-order valence-corrected chi connectivity index (χ1v) is 9.51. The number of halogens is 1. The number of thiophene rings is 1. The summed E-state index contributed by atoms with van der Waals surface area (Å²) in [5, 5.41) is 3.76. The normalized spacial score (nSPS) is 19.6. The maximum absolute atomic E-state index is 6.32. The van der Waals surface area contributed by atoms with Gasteiger partial charge >= 0.3 is 0 Å². The highest BCUT2D eigenvalue weighted by molar-refractivity contribution is 7.16.